The molecule has 6 rings (SSSR count). The molecule has 0 saturated heterocycles. The van der Waals surface area contributed by atoms with Gasteiger partial charge in [0.2, 0.25) is 0 Å². The molecule has 10 nitrogen and oxygen atoms in total. The Bertz CT molecular complexity index is 1870. The topological polar surface area (TPSA) is 117 Å². The smallest absolute Gasteiger partial charge is 0.408 e. The minimum absolute atomic E-state index is 0.146. The molecule has 45 heavy (non-hydrogen) atoms. The molecule has 2 amide bonds. The molecule has 0 bridgehead atoms. The minimum atomic E-state index is -0.511. The third-order valence-electron chi connectivity index (χ3n) is 7.79. The van der Waals surface area contributed by atoms with Gasteiger partial charge in [-0.15, -0.1) is 0 Å². The van der Waals surface area contributed by atoms with Crippen molar-refractivity contribution in [1.82, 2.24) is 15.6 Å². The Kier molecular flexibility index (Phi) is 8.28. The number of benzene rings is 4. The van der Waals surface area contributed by atoms with Gasteiger partial charge < -0.3 is 34.3 Å². The van der Waals surface area contributed by atoms with Crippen LogP contribution in [-0.2, 0) is 11.3 Å². The summed E-state index contributed by atoms with van der Waals surface area (Å²) in [5, 5.41) is 8.09. The molecule has 1 aliphatic carbocycles. The highest BCUT2D eigenvalue weighted by atomic mass is 16.6. The van der Waals surface area contributed by atoms with Crippen LogP contribution in [0.5, 0.6) is 28.7 Å². The summed E-state index contributed by atoms with van der Waals surface area (Å²) < 4.78 is 28.7. The van der Waals surface area contributed by atoms with Crippen LogP contribution >= 0.6 is 0 Å². The average molecular weight is 608 g/mol. The molecule has 5 aromatic rings. The molecule has 0 radical (unpaired) electrons. The standard InChI is InChI=1S/C35H33N3O7/c1-36-33(39)27-6-4-5-23-17-25(11-12-26(23)27)45-30-13-16-37-29-19-32(31(42-3)18-28(29)30)44-21-35(14-15-35)38-34(40)43-20-22-7-9-24(41-2)10-8-22/h4-13,16-19H,14-15,20-21H2,1-3H3,(H,36,39)(H,38,40). The summed E-state index contributed by atoms with van der Waals surface area (Å²) in [6.45, 7) is 0.398. The van der Waals surface area contributed by atoms with Crippen molar-refractivity contribution in [3.8, 4) is 28.7 Å². The lowest BCUT2D eigenvalue weighted by Gasteiger charge is -2.20. The number of methoxy groups -OCH3 is 2. The molecule has 1 heterocycles. The quantitative estimate of drug-likeness (QED) is 0.177. The number of carbonyl (C=O) groups excluding carboxylic acids is 2. The van der Waals surface area contributed by atoms with Gasteiger partial charge in [0, 0.05) is 30.3 Å². The number of hydrogen-bond donors (Lipinski definition) is 2. The van der Waals surface area contributed by atoms with Gasteiger partial charge in [0.05, 0.1) is 25.3 Å². The van der Waals surface area contributed by atoms with Crippen molar-refractivity contribution in [2.75, 3.05) is 27.9 Å². The predicted octanol–water partition coefficient (Wildman–Crippen LogP) is 6.39. The van der Waals surface area contributed by atoms with Crippen molar-refractivity contribution in [3.05, 3.63) is 96.2 Å². The van der Waals surface area contributed by atoms with E-state index in [4.69, 9.17) is 23.7 Å². The van der Waals surface area contributed by atoms with Gasteiger partial charge >= 0.3 is 6.09 Å². The first kappa shape index (κ1) is 29.6. The van der Waals surface area contributed by atoms with Crippen LogP contribution in [-0.4, -0.2) is 50.4 Å². The van der Waals surface area contributed by atoms with Gasteiger partial charge in [0.1, 0.15) is 30.5 Å². The molecule has 4 aromatic carbocycles. The van der Waals surface area contributed by atoms with E-state index in [-0.39, 0.29) is 19.1 Å². The van der Waals surface area contributed by atoms with E-state index in [1.165, 1.54) is 0 Å². The van der Waals surface area contributed by atoms with E-state index >= 15 is 0 Å². The maximum absolute atomic E-state index is 12.5. The van der Waals surface area contributed by atoms with Crippen LogP contribution in [0.25, 0.3) is 21.7 Å². The van der Waals surface area contributed by atoms with E-state index in [9.17, 15) is 9.59 Å². The van der Waals surface area contributed by atoms with Crippen molar-refractivity contribution >= 4 is 33.7 Å². The number of amides is 2. The molecule has 1 aliphatic rings. The normalized spacial score (nSPS) is 13.1. The fourth-order valence-electron chi connectivity index (χ4n) is 5.07. The summed E-state index contributed by atoms with van der Waals surface area (Å²) in [5.74, 6) is 2.81. The molecule has 2 N–H and O–H groups in total. The number of alkyl carbamates (subject to hydrolysis) is 1. The molecule has 0 atom stereocenters. The lowest BCUT2D eigenvalue weighted by molar-refractivity contribution is 0.0964. The predicted molar refractivity (Wildman–Crippen MR) is 169 cm³/mol. The Morgan fingerprint density at radius 2 is 1.64 bits per heavy atom. The van der Waals surface area contributed by atoms with Gasteiger partial charge in [-0.25, -0.2) is 4.79 Å². The molecule has 1 fully saturated rings. The van der Waals surface area contributed by atoms with E-state index < -0.39 is 11.6 Å². The van der Waals surface area contributed by atoms with Crippen LogP contribution in [0.1, 0.15) is 28.8 Å². The number of fused-ring (bicyclic) bond motifs is 2. The van der Waals surface area contributed by atoms with E-state index in [0.29, 0.717) is 34.1 Å². The van der Waals surface area contributed by atoms with Crippen LogP contribution in [0, 0.1) is 0 Å². The minimum Gasteiger partial charge on any atom is -0.497 e. The number of rotatable bonds is 11. The zero-order valence-corrected chi connectivity index (χ0v) is 25.2. The highest BCUT2D eigenvalue weighted by molar-refractivity contribution is 6.07. The second-order valence-corrected chi connectivity index (χ2v) is 10.8. The second-order valence-electron chi connectivity index (χ2n) is 10.8. The molecule has 0 unspecified atom stereocenters. The third-order valence-corrected chi connectivity index (χ3v) is 7.79. The number of nitrogens with one attached hydrogen (secondary N) is 2. The highest BCUT2D eigenvalue weighted by Gasteiger charge is 2.45. The Labute approximate surface area is 260 Å². The summed E-state index contributed by atoms with van der Waals surface area (Å²) in [7, 11) is 4.79. The van der Waals surface area contributed by atoms with Crippen molar-refractivity contribution in [1.29, 1.82) is 0 Å². The summed E-state index contributed by atoms with van der Waals surface area (Å²) in [4.78, 5) is 29.4. The molecule has 1 aromatic heterocycles. The fraction of sp³-hybridized carbons (Fsp3) is 0.229. The number of pyridine rings is 1. The van der Waals surface area contributed by atoms with Crippen molar-refractivity contribution in [2.45, 2.75) is 25.0 Å². The van der Waals surface area contributed by atoms with Crippen LogP contribution in [0.15, 0.2) is 85.1 Å². The Morgan fingerprint density at radius 3 is 2.38 bits per heavy atom. The number of hydrogen-bond acceptors (Lipinski definition) is 8. The molecular weight excluding hydrogens is 574 g/mol. The number of carbonyl (C=O) groups is 2. The maximum Gasteiger partial charge on any atom is 0.408 e. The van der Waals surface area contributed by atoms with Crippen LogP contribution in [0.2, 0.25) is 0 Å². The Morgan fingerprint density at radius 1 is 0.844 bits per heavy atom. The van der Waals surface area contributed by atoms with Crippen LogP contribution < -0.4 is 29.6 Å². The van der Waals surface area contributed by atoms with Gasteiger partial charge in [0.15, 0.2) is 11.5 Å². The first-order chi connectivity index (χ1) is 21.9. The maximum atomic E-state index is 12.5. The van der Waals surface area contributed by atoms with Gasteiger partial charge in [-0.1, -0.05) is 24.3 Å². The van der Waals surface area contributed by atoms with Gasteiger partial charge in [-0.2, -0.15) is 0 Å². The van der Waals surface area contributed by atoms with Gasteiger partial charge in [-0.05, 0) is 77.7 Å². The molecular formula is C35H33N3O7. The van der Waals surface area contributed by atoms with Crippen molar-refractivity contribution < 1.29 is 33.3 Å². The second kappa shape index (κ2) is 12.6. The summed E-state index contributed by atoms with van der Waals surface area (Å²) in [6, 6.07) is 23.9. The summed E-state index contributed by atoms with van der Waals surface area (Å²) in [5.41, 5.74) is 1.60. The van der Waals surface area contributed by atoms with Crippen LogP contribution in [0.4, 0.5) is 4.79 Å². The lowest BCUT2D eigenvalue weighted by atomic mass is 10.0. The largest absolute Gasteiger partial charge is 0.497 e. The lowest BCUT2D eigenvalue weighted by Crippen LogP contribution is -2.41. The zero-order valence-electron chi connectivity index (χ0n) is 25.2. The first-order valence-electron chi connectivity index (χ1n) is 14.5. The number of ether oxygens (including phenoxy) is 5. The fourth-order valence-corrected chi connectivity index (χ4v) is 5.07. The SMILES string of the molecule is CNC(=O)c1cccc2cc(Oc3ccnc4cc(OCC5(NC(=O)OCc6ccc(OC)cc6)CC5)c(OC)cc34)ccc12. The zero-order chi connectivity index (χ0) is 31.4. The van der Waals surface area contributed by atoms with E-state index in [1.807, 2.05) is 60.7 Å². The van der Waals surface area contributed by atoms with E-state index in [2.05, 4.69) is 15.6 Å². The molecule has 0 spiro atoms. The Hall–Kier alpha value is -5.51. The van der Waals surface area contributed by atoms with Crippen molar-refractivity contribution in [2.24, 2.45) is 0 Å². The monoisotopic (exact) mass is 607 g/mol. The van der Waals surface area contributed by atoms with Gasteiger partial charge in [-0.3, -0.25) is 9.78 Å². The molecule has 230 valence electrons. The molecule has 10 heteroatoms. The first-order valence-corrected chi connectivity index (χ1v) is 14.5. The third kappa shape index (κ3) is 6.54. The highest BCUT2D eigenvalue weighted by Crippen LogP contribution is 2.40. The van der Waals surface area contributed by atoms with Gasteiger partial charge in [0.25, 0.3) is 5.91 Å². The number of aromatic nitrogens is 1. The van der Waals surface area contributed by atoms with Crippen molar-refractivity contribution in [3.63, 3.8) is 0 Å². The van der Waals surface area contributed by atoms with E-state index in [0.717, 1.165) is 40.3 Å². The van der Waals surface area contributed by atoms with E-state index in [1.54, 1.807) is 45.7 Å². The summed E-state index contributed by atoms with van der Waals surface area (Å²) >= 11 is 0. The Balaban J connectivity index is 1.14. The van der Waals surface area contributed by atoms with Crippen LogP contribution in [0.3, 0.4) is 0 Å². The molecule has 0 aliphatic heterocycles. The average Bonchev–Trinajstić information content (AvgIpc) is 3.84. The summed E-state index contributed by atoms with van der Waals surface area (Å²) in [6.07, 6.45) is 2.71. The molecule has 1 saturated carbocycles. The number of nitrogens with zero attached hydrogens (tertiary/aromatic N) is 1.